The molecule has 1 aliphatic rings. The Kier molecular flexibility index (Phi) is 8.83. The second-order valence-corrected chi connectivity index (χ2v) is 10.7. The minimum atomic E-state index is 0.311. The van der Waals surface area contributed by atoms with Gasteiger partial charge in [0.2, 0.25) is 5.95 Å². The van der Waals surface area contributed by atoms with E-state index in [9.17, 15) is 5.11 Å². The molecule has 8 nitrogen and oxygen atoms in total. The number of hydrogen-bond donors (Lipinski definition) is 3. The van der Waals surface area contributed by atoms with Crippen LogP contribution in [0.4, 0.5) is 11.6 Å². The zero-order valence-corrected chi connectivity index (χ0v) is 23.6. The van der Waals surface area contributed by atoms with Gasteiger partial charge in [-0.1, -0.05) is 54.6 Å². The van der Waals surface area contributed by atoms with Gasteiger partial charge in [0, 0.05) is 36.7 Å². The smallest absolute Gasteiger partial charge is 0.227 e. The van der Waals surface area contributed by atoms with Gasteiger partial charge in [0.1, 0.15) is 11.6 Å². The van der Waals surface area contributed by atoms with Crippen LogP contribution in [0.15, 0.2) is 97.3 Å². The third-order valence-corrected chi connectivity index (χ3v) is 7.69. The van der Waals surface area contributed by atoms with E-state index in [0.29, 0.717) is 25.1 Å². The van der Waals surface area contributed by atoms with E-state index in [1.807, 2.05) is 54.6 Å². The number of aromatic amines is 1. The summed E-state index contributed by atoms with van der Waals surface area (Å²) in [7, 11) is 0. The molecule has 0 saturated carbocycles. The summed E-state index contributed by atoms with van der Waals surface area (Å²) in [5, 5.41) is 12.6. The summed E-state index contributed by atoms with van der Waals surface area (Å²) < 4.78 is 6.03. The molecule has 1 fully saturated rings. The molecule has 3 aromatic carbocycles. The maximum absolute atomic E-state index is 9.32. The molecule has 0 radical (unpaired) electrons. The standard InChI is InChI=1S/C34H36N6O2/c41-24-25-14-18-40(19-15-25)17-6-20-42-30-12-5-11-29(22-30)37-34-35-16-13-31(39-34)32-23-36-33(38-32)28-10-4-9-27(21-28)26-7-2-1-3-8-26/h1-5,7-13,16,21-23,25,41H,6,14-15,17-20,24H2,(H,36,38)(H,35,37,39). The molecule has 2 aromatic heterocycles. The van der Waals surface area contributed by atoms with Crippen molar-refractivity contribution >= 4 is 11.6 Å². The average molecular weight is 561 g/mol. The molecular weight excluding hydrogens is 524 g/mol. The number of anilines is 2. The lowest BCUT2D eigenvalue weighted by molar-refractivity contribution is 0.126. The molecule has 5 aromatic rings. The Morgan fingerprint density at radius 3 is 2.55 bits per heavy atom. The number of ether oxygens (including phenoxy) is 1. The fourth-order valence-corrected chi connectivity index (χ4v) is 5.31. The van der Waals surface area contributed by atoms with Crippen LogP contribution in [-0.2, 0) is 0 Å². The first-order valence-corrected chi connectivity index (χ1v) is 14.6. The van der Waals surface area contributed by atoms with Gasteiger partial charge in [-0.05, 0) is 73.7 Å². The lowest BCUT2D eigenvalue weighted by Crippen LogP contribution is -2.35. The molecule has 3 N–H and O–H groups in total. The quantitative estimate of drug-likeness (QED) is 0.160. The monoisotopic (exact) mass is 560 g/mol. The lowest BCUT2D eigenvalue weighted by Gasteiger charge is -2.30. The number of aromatic nitrogens is 4. The number of piperidine rings is 1. The van der Waals surface area contributed by atoms with Crippen molar-refractivity contribution in [1.29, 1.82) is 0 Å². The zero-order chi connectivity index (χ0) is 28.6. The minimum Gasteiger partial charge on any atom is -0.493 e. The van der Waals surface area contributed by atoms with E-state index in [1.165, 1.54) is 5.56 Å². The van der Waals surface area contributed by atoms with Gasteiger partial charge >= 0.3 is 0 Å². The van der Waals surface area contributed by atoms with Crippen molar-refractivity contribution in [3.63, 3.8) is 0 Å². The number of hydrogen-bond acceptors (Lipinski definition) is 7. The normalized spacial score (nSPS) is 14.1. The largest absolute Gasteiger partial charge is 0.493 e. The van der Waals surface area contributed by atoms with E-state index in [-0.39, 0.29) is 0 Å². The Morgan fingerprint density at radius 2 is 1.69 bits per heavy atom. The van der Waals surface area contributed by atoms with Crippen LogP contribution in [0.25, 0.3) is 33.9 Å². The number of nitrogens with one attached hydrogen (secondary N) is 2. The fraction of sp³-hybridized carbons (Fsp3) is 0.265. The van der Waals surface area contributed by atoms with Gasteiger partial charge in [0.05, 0.1) is 24.2 Å². The molecule has 214 valence electrons. The molecular formula is C34H36N6O2. The first-order valence-electron chi connectivity index (χ1n) is 14.6. The van der Waals surface area contributed by atoms with Gasteiger partial charge in [-0.2, -0.15) is 0 Å². The maximum Gasteiger partial charge on any atom is 0.227 e. The van der Waals surface area contributed by atoms with Gasteiger partial charge < -0.3 is 25.0 Å². The summed E-state index contributed by atoms with van der Waals surface area (Å²) in [4.78, 5) is 19.7. The molecule has 1 aliphatic heterocycles. The molecule has 0 amide bonds. The molecule has 0 spiro atoms. The average Bonchev–Trinajstić information content (AvgIpc) is 3.55. The molecule has 8 heteroatoms. The Balaban J connectivity index is 1.06. The molecule has 0 unspecified atom stereocenters. The number of aliphatic hydroxyl groups is 1. The second-order valence-electron chi connectivity index (χ2n) is 10.7. The Morgan fingerprint density at radius 1 is 0.881 bits per heavy atom. The van der Waals surface area contributed by atoms with E-state index in [2.05, 4.69) is 55.5 Å². The summed E-state index contributed by atoms with van der Waals surface area (Å²) in [6, 6.07) is 28.4. The minimum absolute atomic E-state index is 0.311. The molecule has 1 saturated heterocycles. The summed E-state index contributed by atoms with van der Waals surface area (Å²) >= 11 is 0. The second kappa shape index (κ2) is 13.4. The van der Waals surface area contributed by atoms with Crippen LogP contribution >= 0.6 is 0 Å². The van der Waals surface area contributed by atoms with Gasteiger partial charge in [0.15, 0.2) is 0 Å². The number of H-pyrrole nitrogens is 1. The molecule has 0 bridgehead atoms. The third kappa shape index (κ3) is 7.02. The van der Waals surface area contributed by atoms with Gasteiger partial charge in [-0.25, -0.2) is 15.0 Å². The highest BCUT2D eigenvalue weighted by Crippen LogP contribution is 2.27. The number of nitrogens with zero attached hydrogens (tertiary/aromatic N) is 4. The van der Waals surface area contributed by atoms with Crippen molar-refractivity contribution in [1.82, 2.24) is 24.8 Å². The molecule has 0 atom stereocenters. The van der Waals surface area contributed by atoms with Crippen molar-refractivity contribution in [3.05, 3.63) is 97.3 Å². The van der Waals surface area contributed by atoms with E-state index >= 15 is 0 Å². The van der Waals surface area contributed by atoms with Crippen LogP contribution in [0.3, 0.4) is 0 Å². The molecule has 42 heavy (non-hydrogen) atoms. The van der Waals surface area contributed by atoms with Crippen molar-refractivity contribution in [2.45, 2.75) is 19.3 Å². The highest BCUT2D eigenvalue weighted by atomic mass is 16.5. The van der Waals surface area contributed by atoms with Gasteiger partial charge in [-0.15, -0.1) is 0 Å². The molecule has 0 aliphatic carbocycles. The number of likely N-dealkylation sites (tertiary alicyclic amines) is 1. The topological polar surface area (TPSA) is 99.2 Å². The van der Waals surface area contributed by atoms with Crippen molar-refractivity contribution in [2.75, 3.05) is 38.2 Å². The van der Waals surface area contributed by atoms with Gasteiger partial charge in [-0.3, -0.25) is 0 Å². The summed E-state index contributed by atoms with van der Waals surface area (Å²) in [5.74, 6) is 2.57. The maximum atomic E-state index is 9.32. The predicted molar refractivity (Wildman–Crippen MR) is 167 cm³/mol. The Labute approximate surface area is 246 Å². The van der Waals surface area contributed by atoms with Crippen LogP contribution in [0, 0.1) is 5.92 Å². The van der Waals surface area contributed by atoms with E-state index < -0.39 is 0 Å². The third-order valence-electron chi connectivity index (χ3n) is 7.69. The first-order chi connectivity index (χ1) is 20.7. The van der Waals surface area contributed by atoms with Crippen molar-refractivity contribution in [2.24, 2.45) is 5.92 Å². The number of aliphatic hydroxyl groups excluding tert-OH is 1. The highest BCUT2D eigenvalue weighted by molar-refractivity contribution is 5.71. The van der Waals surface area contributed by atoms with Crippen LogP contribution < -0.4 is 10.1 Å². The predicted octanol–water partition coefficient (Wildman–Crippen LogP) is 6.42. The Hall–Kier alpha value is -4.53. The highest BCUT2D eigenvalue weighted by Gasteiger charge is 2.17. The van der Waals surface area contributed by atoms with E-state index in [1.54, 1.807) is 12.4 Å². The Bertz CT molecular complexity index is 1580. The molecule has 3 heterocycles. The van der Waals surface area contributed by atoms with Crippen LogP contribution in [0.1, 0.15) is 19.3 Å². The SMILES string of the molecule is OCC1CCN(CCCOc2cccc(Nc3nccc(-c4cnc(-c5cccc(-c6ccccc6)c5)[nH]4)n3)c2)CC1. The number of imidazole rings is 1. The van der Waals surface area contributed by atoms with Gasteiger partial charge in [0.25, 0.3) is 0 Å². The lowest BCUT2D eigenvalue weighted by atomic mass is 9.98. The zero-order valence-electron chi connectivity index (χ0n) is 23.6. The first kappa shape index (κ1) is 27.6. The van der Waals surface area contributed by atoms with Crippen LogP contribution in [-0.4, -0.2) is 62.8 Å². The number of benzene rings is 3. The summed E-state index contributed by atoms with van der Waals surface area (Å²) in [6.45, 7) is 4.11. The van der Waals surface area contributed by atoms with E-state index in [4.69, 9.17) is 9.72 Å². The van der Waals surface area contributed by atoms with Crippen molar-refractivity contribution in [3.8, 4) is 39.7 Å². The number of rotatable bonds is 11. The summed E-state index contributed by atoms with van der Waals surface area (Å²) in [6.07, 6.45) is 6.68. The van der Waals surface area contributed by atoms with Crippen molar-refractivity contribution < 1.29 is 9.84 Å². The van der Waals surface area contributed by atoms with Crippen LogP contribution in [0.5, 0.6) is 5.75 Å². The molecule has 6 rings (SSSR count). The fourth-order valence-electron chi connectivity index (χ4n) is 5.31. The van der Waals surface area contributed by atoms with Crippen LogP contribution in [0.2, 0.25) is 0 Å². The summed E-state index contributed by atoms with van der Waals surface area (Å²) in [5.41, 5.74) is 5.75. The van der Waals surface area contributed by atoms with E-state index in [0.717, 1.165) is 78.7 Å².